The minimum Gasteiger partial charge on any atom is -0.448 e. The number of hydrogen-bond donors (Lipinski definition) is 1. The molecular formula is C12H9ClF3NO. The van der Waals surface area contributed by atoms with Crippen molar-refractivity contribution in [1.82, 2.24) is 0 Å². The number of alkyl halides is 3. The molecule has 18 heavy (non-hydrogen) atoms. The predicted octanol–water partition coefficient (Wildman–Crippen LogP) is 4.56. The number of anilines is 1. The second kappa shape index (κ2) is 4.94. The monoisotopic (exact) mass is 275 g/mol. The summed E-state index contributed by atoms with van der Waals surface area (Å²) in [5.74, 6) is 0.469. The molecule has 1 N–H and O–H groups in total. The van der Waals surface area contributed by atoms with Gasteiger partial charge in [0.1, 0.15) is 5.76 Å². The fourth-order valence-corrected chi connectivity index (χ4v) is 1.68. The highest BCUT2D eigenvalue weighted by Crippen LogP contribution is 2.34. The van der Waals surface area contributed by atoms with E-state index in [-0.39, 0.29) is 17.5 Å². The minimum atomic E-state index is -4.38. The Morgan fingerprint density at radius 2 is 1.83 bits per heavy atom. The number of hydrogen-bond acceptors (Lipinski definition) is 2. The van der Waals surface area contributed by atoms with Crippen LogP contribution in [-0.2, 0) is 12.7 Å². The van der Waals surface area contributed by atoms with Crippen LogP contribution in [0.3, 0.4) is 0 Å². The fourth-order valence-electron chi connectivity index (χ4n) is 1.51. The van der Waals surface area contributed by atoms with Crippen molar-refractivity contribution in [3.8, 4) is 0 Å². The molecule has 0 aliphatic carbocycles. The number of rotatable bonds is 3. The van der Waals surface area contributed by atoms with Gasteiger partial charge in [-0.25, -0.2) is 0 Å². The van der Waals surface area contributed by atoms with E-state index >= 15 is 0 Å². The molecule has 0 spiro atoms. The third kappa shape index (κ3) is 2.98. The van der Waals surface area contributed by atoms with Gasteiger partial charge in [-0.2, -0.15) is 13.2 Å². The van der Waals surface area contributed by atoms with Crippen molar-refractivity contribution in [3.05, 3.63) is 52.9 Å². The lowest BCUT2D eigenvalue weighted by Gasteiger charge is -2.13. The Balaban J connectivity index is 2.14. The zero-order valence-corrected chi connectivity index (χ0v) is 9.85. The zero-order valence-electron chi connectivity index (χ0n) is 9.09. The standard InChI is InChI=1S/C12H9ClF3NO/c13-11-6-5-8(18-11)7-17-10-4-2-1-3-9(10)12(14,15)16/h1-6,17H,7H2. The maximum Gasteiger partial charge on any atom is 0.418 e. The first-order valence-corrected chi connectivity index (χ1v) is 5.49. The fraction of sp³-hybridized carbons (Fsp3) is 0.167. The average Bonchev–Trinajstić information content (AvgIpc) is 2.72. The molecule has 0 saturated heterocycles. The average molecular weight is 276 g/mol. The van der Waals surface area contributed by atoms with Crippen molar-refractivity contribution in [1.29, 1.82) is 0 Å². The van der Waals surface area contributed by atoms with Gasteiger partial charge in [0.15, 0.2) is 5.22 Å². The normalized spacial score (nSPS) is 11.6. The molecule has 0 unspecified atom stereocenters. The molecule has 6 heteroatoms. The Bertz CT molecular complexity index is 536. The van der Waals surface area contributed by atoms with Gasteiger partial charge in [0, 0.05) is 5.69 Å². The van der Waals surface area contributed by atoms with E-state index in [1.54, 1.807) is 6.07 Å². The first-order valence-electron chi connectivity index (χ1n) is 5.11. The van der Waals surface area contributed by atoms with E-state index in [0.717, 1.165) is 6.07 Å². The van der Waals surface area contributed by atoms with Crippen molar-refractivity contribution in [2.45, 2.75) is 12.7 Å². The van der Waals surface area contributed by atoms with Gasteiger partial charge in [0.25, 0.3) is 0 Å². The maximum atomic E-state index is 12.7. The van der Waals surface area contributed by atoms with E-state index in [0.29, 0.717) is 5.76 Å². The molecule has 0 aliphatic heterocycles. The molecule has 0 radical (unpaired) electrons. The summed E-state index contributed by atoms with van der Waals surface area (Å²) in [7, 11) is 0. The van der Waals surface area contributed by atoms with Gasteiger partial charge >= 0.3 is 6.18 Å². The van der Waals surface area contributed by atoms with Crippen LogP contribution < -0.4 is 5.32 Å². The van der Waals surface area contributed by atoms with E-state index < -0.39 is 11.7 Å². The van der Waals surface area contributed by atoms with E-state index in [9.17, 15) is 13.2 Å². The van der Waals surface area contributed by atoms with Gasteiger partial charge in [-0.15, -0.1) is 0 Å². The number of nitrogens with one attached hydrogen (secondary N) is 1. The third-order valence-electron chi connectivity index (χ3n) is 2.31. The van der Waals surface area contributed by atoms with Crippen molar-refractivity contribution in [2.24, 2.45) is 0 Å². The summed E-state index contributed by atoms with van der Waals surface area (Å²) in [6.45, 7) is 0.139. The van der Waals surface area contributed by atoms with Gasteiger partial charge in [0.05, 0.1) is 12.1 Å². The predicted molar refractivity (Wildman–Crippen MR) is 62.5 cm³/mol. The lowest BCUT2D eigenvalue weighted by atomic mass is 10.1. The van der Waals surface area contributed by atoms with Crippen LogP contribution in [0.1, 0.15) is 11.3 Å². The number of furan rings is 1. The highest BCUT2D eigenvalue weighted by molar-refractivity contribution is 6.28. The van der Waals surface area contributed by atoms with Gasteiger partial charge in [-0.05, 0) is 35.9 Å². The zero-order chi connectivity index (χ0) is 13.2. The Hall–Kier alpha value is -1.62. The van der Waals surface area contributed by atoms with E-state index in [1.807, 2.05) is 0 Å². The van der Waals surface area contributed by atoms with Crippen LogP contribution in [0.5, 0.6) is 0 Å². The second-order valence-corrected chi connectivity index (χ2v) is 3.98. The van der Waals surface area contributed by atoms with Crippen LogP contribution in [0.15, 0.2) is 40.8 Å². The molecule has 2 rings (SSSR count). The molecule has 0 aliphatic rings. The molecule has 0 fully saturated rings. The van der Waals surface area contributed by atoms with Gasteiger partial charge < -0.3 is 9.73 Å². The lowest BCUT2D eigenvalue weighted by molar-refractivity contribution is -0.137. The van der Waals surface area contributed by atoms with E-state index in [4.69, 9.17) is 16.0 Å². The molecule has 0 atom stereocenters. The van der Waals surface area contributed by atoms with Crippen LogP contribution >= 0.6 is 11.6 Å². The van der Waals surface area contributed by atoms with Crippen molar-refractivity contribution < 1.29 is 17.6 Å². The van der Waals surface area contributed by atoms with E-state index in [2.05, 4.69) is 5.32 Å². The van der Waals surface area contributed by atoms with Gasteiger partial charge in [0.2, 0.25) is 0 Å². The molecule has 96 valence electrons. The molecule has 2 nitrogen and oxygen atoms in total. The Morgan fingerprint density at radius 3 is 2.44 bits per heavy atom. The Kier molecular flexibility index (Phi) is 3.52. The van der Waals surface area contributed by atoms with Gasteiger partial charge in [-0.1, -0.05) is 12.1 Å². The number of para-hydroxylation sites is 1. The minimum absolute atomic E-state index is 0.0116. The quantitative estimate of drug-likeness (QED) is 0.888. The van der Waals surface area contributed by atoms with Crippen molar-refractivity contribution >= 4 is 17.3 Å². The lowest BCUT2D eigenvalue weighted by Crippen LogP contribution is -2.10. The number of halogens is 4. The Morgan fingerprint density at radius 1 is 1.11 bits per heavy atom. The second-order valence-electron chi connectivity index (χ2n) is 3.60. The van der Waals surface area contributed by atoms with E-state index in [1.165, 1.54) is 24.3 Å². The smallest absolute Gasteiger partial charge is 0.418 e. The molecule has 1 heterocycles. The molecule has 1 aromatic heterocycles. The van der Waals surface area contributed by atoms with Crippen molar-refractivity contribution in [3.63, 3.8) is 0 Å². The summed E-state index contributed by atoms with van der Waals surface area (Å²) >= 11 is 5.57. The topological polar surface area (TPSA) is 25.2 Å². The molecule has 0 bridgehead atoms. The van der Waals surface area contributed by atoms with Crippen LogP contribution in [0.4, 0.5) is 18.9 Å². The van der Waals surface area contributed by atoms with Crippen LogP contribution in [0, 0.1) is 0 Å². The summed E-state index contributed by atoms with van der Waals surface area (Å²) < 4.78 is 43.1. The van der Waals surface area contributed by atoms with Crippen LogP contribution in [0.2, 0.25) is 5.22 Å². The third-order valence-corrected chi connectivity index (χ3v) is 2.52. The summed E-state index contributed by atoms with van der Waals surface area (Å²) in [6.07, 6.45) is -4.38. The summed E-state index contributed by atoms with van der Waals surface area (Å²) in [4.78, 5) is 0. The molecule has 1 aromatic carbocycles. The maximum absolute atomic E-state index is 12.7. The Labute approximate surface area is 106 Å². The summed E-state index contributed by atoms with van der Waals surface area (Å²) in [5, 5.41) is 2.88. The summed E-state index contributed by atoms with van der Waals surface area (Å²) in [6, 6.07) is 8.41. The van der Waals surface area contributed by atoms with Crippen molar-refractivity contribution in [2.75, 3.05) is 5.32 Å². The summed E-state index contributed by atoms with van der Waals surface area (Å²) in [5.41, 5.74) is -0.694. The SMILES string of the molecule is FC(F)(F)c1ccccc1NCc1ccc(Cl)o1. The van der Waals surface area contributed by atoms with Crippen LogP contribution in [0.25, 0.3) is 0 Å². The molecular weight excluding hydrogens is 267 g/mol. The largest absolute Gasteiger partial charge is 0.448 e. The highest BCUT2D eigenvalue weighted by Gasteiger charge is 2.33. The number of benzene rings is 1. The first kappa shape index (κ1) is 12.8. The molecule has 0 amide bonds. The highest BCUT2D eigenvalue weighted by atomic mass is 35.5. The van der Waals surface area contributed by atoms with Gasteiger partial charge in [-0.3, -0.25) is 0 Å². The molecule has 0 saturated carbocycles. The first-order chi connectivity index (χ1) is 8.47. The molecule has 2 aromatic rings. The van der Waals surface area contributed by atoms with Crippen LogP contribution in [-0.4, -0.2) is 0 Å².